The molecular formula is C15H14F3NO. The number of fused-ring (bicyclic) bond motifs is 1. The van der Waals surface area contributed by atoms with Gasteiger partial charge in [0.05, 0.1) is 11.7 Å². The van der Waals surface area contributed by atoms with Crippen molar-refractivity contribution in [2.45, 2.75) is 31.5 Å². The van der Waals surface area contributed by atoms with Crippen LogP contribution in [-0.2, 0) is 12.6 Å². The van der Waals surface area contributed by atoms with Gasteiger partial charge < -0.3 is 9.67 Å². The van der Waals surface area contributed by atoms with Crippen molar-refractivity contribution in [2.24, 2.45) is 0 Å². The summed E-state index contributed by atoms with van der Waals surface area (Å²) in [7, 11) is 0. The minimum Gasteiger partial charge on any atom is -0.388 e. The molecule has 1 aromatic heterocycles. The fraction of sp³-hybridized carbons (Fsp3) is 0.333. The summed E-state index contributed by atoms with van der Waals surface area (Å²) in [4.78, 5) is 0. The highest BCUT2D eigenvalue weighted by atomic mass is 19.4. The lowest BCUT2D eigenvalue weighted by Gasteiger charge is -2.20. The normalized spacial score (nSPS) is 18.9. The Bertz CT molecular complexity index is 630. The van der Waals surface area contributed by atoms with E-state index in [0.717, 1.165) is 36.2 Å². The Hall–Kier alpha value is -1.75. The number of hydrogen-bond donors (Lipinski definition) is 1. The quantitative estimate of drug-likeness (QED) is 0.843. The molecule has 2 aromatic rings. The molecule has 0 spiro atoms. The predicted octanol–water partition coefficient (Wildman–Crippen LogP) is 3.87. The van der Waals surface area contributed by atoms with E-state index < -0.39 is 17.8 Å². The van der Waals surface area contributed by atoms with Crippen LogP contribution in [-0.4, -0.2) is 9.67 Å². The zero-order valence-corrected chi connectivity index (χ0v) is 10.7. The molecule has 0 saturated carbocycles. The van der Waals surface area contributed by atoms with E-state index in [0.29, 0.717) is 12.1 Å². The van der Waals surface area contributed by atoms with Crippen molar-refractivity contribution < 1.29 is 18.3 Å². The van der Waals surface area contributed by atoms with Crippen LogP contribution in [0.5, 0.6) is 0 Å². The Morgan fingerprint density at radius 1 is 1.20 bits per heavy atom. The average Bonchev–Trinajstić information content (AvgIpc) is 2.83. The summed E-state index contributed by atoms with van der Waals surface area (Å²) in [6.45, 7) is 0. The third-order valence-corrected chi connectivity index (χ3v) is 3.73. The van der Waals surface area contributed by atoms with Gasteiger partial charge in [0, 0.05) is 23.1 Å². The first-order valence-corrected chi connectivity index (χ1v) is 6.52. The van der Waals surface area contributed by atoms with Crippen LogP contribution in [0.2, 0.25) is 0 Å². The van der Waals surface area contributed by atoms with E-state index in [1.807, 2.05) is 0 Å². The van der Waals surface area contributed by atoms with E-state index in [2.05, 4.69) is 0 Å². The van der Waals surface area contributed by atoms with Gasteiger partial charge in [-0.3, -0.25) is 0 Å². The zero-order chi connectivity index (χ0) is 14.3. The van der Waals surface area contributed by atoms with Crippen LogP contribution >= 0.6 is 0 Å². The minimum absolute atomic E-state index is 0.482. The molecule has 0 radical (unpaired) electrons. The Labute approximate surface area is 114 Å². The smallest absolute Gasteiger partial charge is 0.388 e. The van der Waals surface area contributed by atoms with Gasteiger partial charge in [-0.1, -0.05) is 6.07 Å². The van der Waals surface area contributed by atoms with Crippen LogP contribution in [0.15, 0.2) is 36.5 Å². The number of aliphatic hydroxyl groups is 1. The summed E-state index contributed by atoms with van der Waals surface area (Å²) in [5.74, 6) is 0. The summed E-state index contributed by atoms with van der Waals surface area (Å²) in [6.07, 6.45) is -0.796. The third-order valence-electron chi connectivity index (χ3n) is 3.73. The van der Waals surface area contributed by atoms with Gasteiger partial charge in [-0.2, -0.15) is 13.2 Å². The summed E-state index contributed by atoms with van der Waals surface area (Å²) >= 11 is 0. The van der Waals surface area contributed by atoms with E-state index in [9.17, 15) is 18.3 Å². The lowest BCUT2D eigenvalue weighted by atomic mass is 9.95. The highest BCUT2D eigenvalue weighted by Gasteiger charge is 2.31. The number of benzene rings is 1. The Balaban J connectivity index is 2.06. The molecule has 0 bridgehead atoms. The van der Waals surface area contributed by atoms with Gasteiger partial charge in [-0.15, -0.1) is 0 Å². The van der Waals surface area contributed by atoms with Crippen LogP contribution in [0.25, 0.3) is 5.69 Å². The number of aromatic nitrogens is 1. The number of rotatable bonds is 1. The van der Waals surface area contributed by atoms with E-state index in [1.165, 1.54) is 6.07 Å². The van der Waals surface area contributed by atoms with Gasteiger partial charge in [-0.25, -0.2) is 0 Å². The molecule has 5 heteroatoms. The van der Waals surface area contributed by atoms with E-state index in [-0.39, 0.29) is 0 Å². The lowest BCUT2D eigenvalue weighted by molar-refractivity contribution is -0.137. The van der Waals surface area contributed by atoms with E-state index >= 15 is 0 Å². The van der Waals surface area contributed by atoms with Gasteiger partial charge in [0.25, 0.3) is 0 Å². The van der Waals surface area contributed by atoms with Crippen LogP contribution < -0.4 is 0 Å². The first-order chi connectivity index (χ1) is 9.47. The SMILES string of the molecule is OC1CCCc2c1ccn2-c1cccc(C(F)(F)F)c1. The zero-order valence-electron chi connectivity index (χ0n) is 10.7. The summed E-state index contributed by atoms with van der Waals surface area (Å²) in [5, 5.41) is 9.91. The Morgan fingerprint density at radius 2 is 2.00 bits per heavy atom. The number of alkyl halides is 3. The molecule has 1 atom stereocenters. The third kappa shape index (κ3) is 2.22. The van der Waals surface area contributed by atoms with Gasteiger partial charge in [0.1, 0.15) is 0 Å². The number of nitrogens with zero attached hydrogens (tertiary/aromatic N) is 1. The summed E-state index contributed by atoms with van der Waals surface area (Å²) in [5.41, 5.74) is 1.56. The number of halogens is 3. The van der Waals surface area contributed by atoms with Gasteiger partial charge >= 0.3 is 6.18 Å². The molecule has 1 heterocycles. The molecule has 1 N–H and O–H groups in total. The fourth-order valence-corrected chi connectivity index (χ4v) is 2.74. The van der Waals surface area contributed by atoms with Crippen LogP contribution in [0.4, 0.5) is 13.2 Å². The van der Waals surface area contributed by atoms with Crippen LogP contribution in [0.3, 0.4) is 0 Å². The molecule has 20 heavy (non-hydrogen) atoms. The molecule has 0 amide bonds. The van der Waals surface area contributed by atoms with Crippen molar-refractivity contribution in [3.8, 4) is 5.69 Å². The second-order valence-electron chi connectivity index (χ2n) is 5.04. The highest BCUT2D eigenvalue weighted by Crippen LogP contribution is 2.34. The largest absolute Gasteiger partial charge is 0.416 e. The van der Waals surface area contributed by atoms with Crippen LogP contribution in [0.1, 0.15) is 35.8 Å². The first-order valence-electron chi connectivity index (χ1n) is 6.52. The van der Waals surface area contributed by atoms with Gasteiger partial charge in [0.15, 0.2) is 0 Å². The molecule has 0 saturated heterocycles. The summed E-state index contributed by atoms with van der Waals surface area (Å²) in [6, 6.07) is 7.05. The molecule has 1 unspecified atom stereocenters. The molecule has 1 aliphatic carbocycles. The molecule has 0 aliphatic heterocycles. The lowest BCUT2D eigenvalue weighted by Crippen LogP contribution is -2.11. The Morgan fingerprint density at radius 3 is 2.75 bits per heavy atom. The van der Waals surface area contributed by atoms with Crippen molar-refractivity contribution in [3.63, 3.8) is 0 Å². The second kappa shape index (κ2) is 4.66. The Kier molecular flexibility index (Phi) is 3.09. The first kappa shape index (κ1) is 13.2. The van der Waals surface area contributed by atoms with Crippen molar-refractivity contribution >= 4 is 0 Å². The van der Waals surface area contributed by atoms with E-state index in [1.54, 1.807) is 22.9 Å². The molecule has 1 aromatic carbocycles. The van der Waals surface area contributed by atoms with Gasteiger partial charge in [-0.05, 0) is 43.5 Å². The molecule has 0 fully saturated rings. The monoisotopic (exact) mass is 281 g/mol. The number of aliphatic hydroxyl groups excluding tert-OH is 1. The van der Waals surface area contributed by atoms with Crippen molar-refractivity contribution in [2.75, 3.05) is 0 Å². The standard InChI is InChI=1S/C15H14F3NO/c16-15(17,18)10-3-1-4-11(9-10)19-8-7-12-13(19)5-2-6-14(12)20/h1,3-4,7-9,14,20H,2,5-6H2. The molecule has 2 nitrogen and oxygen atoms in total. The molecule has 106 valence electrons. The van der Waals surface area contributed by atoms with Crippen molar-refractivity contribution in [1.82, 2.24) is 4.57 Å². The average molecular weight is 281 g/mol. The topological polar surface area (TPSA) is 25.2 Å². The summed E-state index contributed by atoms with van der Waals surface area (Å²) < 4.78 is 40.0. The van der Waals surface area contributed by atoms with Crippen molar-refractivity contribution in [3.05, 3.63) is 53.3 Å². The minimum atomic E-state index is -4.34. The van der Waals surface area contributed by atoms with E-state index in [4.69, 9.17) is 0 Å². The maximum atomic E-state index is 12.8. The van der Waals surface area contributed by atoms with Gasteiger partial charge in [0.2, 0.25) is 0 Å². The molecule has 3 rings (SSSR count). The molecular weight excluding hydrogens is 267 g/mol. The fourth-order valence-electron chi connectivity index (χ4n) is 2.74. The second-order valence-corrected chi connectivity index (χ2v) is 5.04. The van der Waals surface area contributed by atoms with Crippen LogP contribution in [0, 0.1) is 0 Å². The molecule has 1 aliphatic rings. The number of hydrogen-bond acceptors (Lipinski definition) is 1. The highest BCUT2D eigenvalue weighted by molar-refractivity contribution is 5.42. The van der Waals surface area contributed by atoms with Crippen molar-refractivity contribution in [1.29, 1.82) is 0 Å². The maximum absolute atomic E-state index is 12.8. The maximum Gasteiger partial charge on any atom is 0.416 e. The predicted molar refractivity (Wildman–Crippen MR) is 68.7 cm³/mol.